The minimum absolute atomic E-state index is 0.0791. The maximum absolute atomic E-state index is 12.6. The quantitative estimate of drug-likeness (QED) is 0.518. The number of nitrogens with zero attached hydrogens (tertiary/aromatic N) is 3. The van der Waals surface area contributed by atoms with Crippen molar-refractivity contribution in [2.75, 3.05) is 0 Å². The zero-order chi connectivity index (χ0) is 22.1. The Labute approximate surface area is 179 Å². The van der Waals surface area contributed by atoms with Gasteiger partial charge in [0, 0.05) is 26.2 Å². The number of fused-ring (bicyclic) bond motifs is 1. The number of hydrogen-bond donors (Lipinski definition) is 1. The molecule has 31 heavy (non-hydrogen) atoms. The summed E-state index contributed by atoms with van der Waals surface area (Å²) in [5.41, 5.74) is 4.71. The molecule has 1 N–H and O–H groups in total. The minimum Gasteiger partial charge on any atom is -0.489 e. The Bertz CT molecular complexity index is 1310. The van der Waals surface area contributed by atoms with Crippen molar-refractivity contribution in [1.29, 1.82) is 0 Å². The van der Waals surface area contributed by atoms with Gasteiger partial charge in [-0.15, -0.1) is 0 Å². The van der Waals surface area contributed by atoms with E-state index in [2.05, 4.69) is 10.5 Å². The van der Waals surface area contributed by atoms with E-state index in [1.165, 1.54) is 0 Å². The van der Waals surface area contributed by atoms with Crippen molar-refractivity contribution < 1.29 is 14.1 Å². The monoisotopic (exact) mass is 420 g/mol. The topological polar surface area (TPSA) is 91.3 Å². The molecule has 0 aliphatic heterocycles. The summed E-state index contributed by atoms with van der Waals surface area (Å²) in [4.78, 5) is 24.7. The van der Waals surface area contributed by atoms with Crippen LogP contribution in [-0.4, -0.2) is 20.2 Å². The predicted molar refractivity (Wildman–Crippen MR) is 116 cm³/mol. The first-order valence-electron chi connectivity index (χ1n) is 9.92. The number of aromatic nitrogens is 3. The van der Waals surface area contributed by atoms with E-state index in [4.69, 9.17) is 9.26 Å². The Morgan fingerprint density at radius 3 is 2.61 bits per heavy atom. The number of carbonyl (C=O) groups excluding carboxylic acids is 1. The molecule has 0 aliphatic carbocycles. The summed E-state index contributed by atoms with van der Waals surface area (Å²) in [6.07, 6.45) is 0. The van der Waals surface area contributed by atoms with Crippen LogP contribution < -0.4 is 15.7 Å². The smallest absolute Gasteiger partial charge is 0.328 e. The van der Waals surface area contributed by atoms with Crippen LogP contribution in [-0.2, 0) is 27.2 Å². The van der Waals surface area contributed by atoms with Crippen molar-refractivity contribution in [2.24, 2.45) is 14.1 Å². The standard InChI is InChI=1S/C23H24N4O4/c1-14-19(15(2)31-25-14)13-30-18-7-5-6-17(11-18)22(28)24-12-16-8-9-20-21(10-16)27(4)23(29)26(20)3/h5-11H,12-13H2,1-4H3,(H,24,28). The summed E-state index contributed by atoms with van der Waals surface area (Å²) < 4.78 is 14.2. The van der Waals surface area contributed by atoms with Crippen LogP contribution in [0.2, 0.25) is 0 Å². The Morgan fingerprint density at radius 2 is 1.87 bits per heavy atom. The summed E-state index contributed by atoms with van der Waals surface area (Å²) in [5, 5.41) is 6.84. The van der Waals surface area contributed by atoms with Crippen LogP contribution in [0.15, 0.2) is 51.8 Å². The summed E-state index contributed by atoms with van der Waals surface area (Å²) >= 11 is 0. The molecule has 4 aromatic rings. The van der Waals surface area contributed by atoms with Crippen molar-refractivity contribution >= 4 is 16.9 Å². The normalized spacial score (nSPS) is 11.1. The van der Waals surface area contributed by atoms with Gasteiger partial charge in [0.2, 0.25) is 0 Å². The van der Waals surface area contributed by atoms with E-state index in [1.807, 2.05) is 32.0 Å². The van der Waals surface area contributed by atoms with Gasteiger partial charge in [-0.3, -0.25) is 13.9 Å². The number of imidazole rings is 1. The molecular formula is C23H24N4O4. The maximum atomic E-state index is 12.6. The molecule has 8 nitrogen and oxygen atoms in total. The van der Waals surface area contributed by atoms with E-state index in [-0.39, 0.29) is 11.6 Å². The zero-order valence-electron chi connectivity index (χ0n) is 17.9. The number of ether oxygens (including phenoxy) is 1. The number of amides is 1. The van der Waals surface area contributed by atoms with Gasteiger partial charge in [-0.2, -0.15) is 0 Å². The summed E-state index contributed by atoms with van der Waals surface area (Å²) in [5.74, 6) is 1.11. The molecule has 0 radical (unpaired) electrons. The van der Waals surface area contributed by atoms with Crippen molar-refractivity contribution in [2.45, 2.75) is 27.0 Å². The molecule has 1 amide bonds. The average Bonchev–Trinajstić information content (AvgIpc) is 3.21. The van der Waals surface area contributed by atoms with Gasteiger partial charge in [0.25, 0.3) is 5.91 Å². The van der Waals surface area contributed by atoms with Gasteiger partial charge >= 0.3 is 5.69 Å². The largest absolute Gasteiger partial charge is 0.489 e. The molecule has 0 spiro atoms. The lowest BCUT2D eigenvalue weighted by molar-refractivity contribution is 0.0950. The van der Waals surface area contributed by atoms with Crippen LogP contribution >= 0.6 is 0 Å². The molecule has 0 saturated heterocycles. The molecule has 0 unspecified atom stereocenters. The molecule has 2 aromatic carbocycles. The van der Waals surface area contributed by atoms with Crippen LogP contribution in [0.25, 0.3) is 11.0 Å². The van der Waals surface area contributed by atoms with Crippen LogP contribution in [0.3, 0.4) is 0 Å². The summed E-state index contributed by atoms with van der Waals surface area (Å²) in [6, 6.07) is 12.7. The van der Waals surface area contributed by atoms with E-state index in [0.29, 0.717) is 24.5 Å². The minimum atomic E-state index is -0.204. The van der Waals surface area contributed by atoms with E-state index in [9.17, 15) is 9.59 Å². The van der Waals surface area contributed by atoms with Crippen molar-refractivity contribution in [1.82, 2.24) is 19.6 Å². The second-order valence-corrected chi connectivity index (χ2v) is 7.53. The molecule has 0 atom stereocenters. The second-order valence-electron chi connectivity index (χ2n) is 7.53. The van der Waals surface area contributed by atoms with Gasteiger partial charge in [0.05, 0.1) is 22.3 Å². The predicted octanol–water partition coefficient (Wildman–Crippen LogP) is 2.99. The van der Waals surface area contributed by atoms with Crippen LogP contribution in [0.1, 0.15) is 32.9 Å². The molecule has 2 heterocycles. The molecule has 0 aliphatic rings. The molecule has 4 rings (SSSR count). The van der Waals surface area contributed by atoms with Gasteiger partial charge in [-0.25, -0.2) is 4.79 Å². The van der Waals surface area contributed by atoms with Crippen LogP contribution in [0, 0.1) is 13.8 Å². The highest BCUT2D eigenvalue weighted by molar-refractivity contribution is 5.94. The highest BCUT2D eigenvalue weighted by atomic mass is 16.5. The Hall–Kier alpha value is -3.81. The maximum Gasteiger partial charge on any atom is 0.328 e. The molecule has 8 heteroatoms. The van der Waals surface area contributed by atoms with Gasteiger partial charge in [0.15, 0.2) is 0 Å². The first-order chi connectivity index (χ1) is 14.8. The van der Waals surface area contributed by atoms with Gasteiger partial charge < -0.3 is 14.6 Å². The fraction of sp³-hybridized carbons (Fsp3) is 0.261. The highest BCUT2D eigenvalue weighted by Gasteiger charge is 2.12. The van der Waals surface area contributed by atoms with Crippen molar-refractivity contribution in [3.8, 4) is 5.75 Å². The van der Waals surface area contributed by atoms with E-state index in [1.54, 1.807) is 47.5 Å². The summed E-state index contributed by atoms with van der Waals surface area (Å²) in [7, 11) is 3.48. The Balaban J connectivity index is 1.43. The lowest BCUT2D eigenvalue weighted by atomic mass is 10.1. The fourth-order valence-corrected chi connectivity index (χ4v) is 3.54. The SMILES string of the molecule is Cc1noc(C)c1COc1cccc(C(=O)NCc2ccc3c(c2)n(C)c(=O)n3C)c1. The number of carbonyl (C=O) groups is 1. The average molecular weight is 420 g/mol. The third-order valence-electron chi connectivity index (χ3n) is 5.45. The van der Waals surface area contributed by atoms with E-state index >= 15 is 0 Å². The van der Waals surface area contributed by atoms with E-state index in [0.717, 1.165) is 33.6 Å². The van der Waals surface area contributed by atoms with Crippen molar-refractivity contribution in [3.05, 3.63) is 81.1 Å². The van der Waals surface area contributed by atoms with Gasteiger partial charge in [-0.1, -0.05) is 17.3 Å². The zero-order valence-corrected chi connectivity index (χ0v) is 17.9. The Morgan fingerprint density at radius 1 is 1.10 bits per heavy atom. The fourth-order valence-electron chi connectivity index (χ4n) is 3.54. The first-order valence-corrected chi connectivity index (χ1v) is 9.92. The van der Waals surface area contributed by atoms with Gasteiger partial charge in [-0.05, 0) is 49.7 Å². The highest BCUT2D eigenvalue weighted by Crippen LogP contribution is 2.19. The van der Waals surface area contributed by atoms with Gasteiger partial charge in [0.1, 0.15) is 18.1 Å². The number of nitrogens with one attached hydrogen (secondary N) is 1. The lowest BCUT2D eigenvalue weighted by Crippen LogP contribution is -2.22. The number of rotatable bonds is 6. The first kappa shape index (κ1) is 20.5. The Kier molecular flexibility index (Phi) is 5.37. The number of benzene rings is 2. The molecule has 0 bridgehead atoms. The lowest BCUT2D eigenvalue weighted by Gasteiger charge is -2.09. The van der Waals surface area contributed by atoms with Crippen molar-refractivity contribution in [3.63, 3.8) is 0 Å². The second kappa shape index (κ2) is 8.14. The molecule has 160 valence electrons. The molecule has 2 aromatic heterocycles. The summed E-state index contributed by atoms with van der Waals surface area (Å²) in [6.45, 7) is 4.38. The van der Waals surface area contributed by atoms with E-state index < -0.39 is 0 Å². The number of hydrogen-bond acceptors (Lipinski definition) is 5. The third-order valence-corrected chi connectivity index (χ3v) is 5.45. The van der Waals surface area contributed by atoms with Crippen LogP contribution in [0.5, 0.6) is 5.75 Å². The van der Waals surface area contributed by atoms with Crippen LogP contribution in [0.4, 0.5) is 0 Å². The molecular weight excluding hydrogens is 396 g/mol. The number of aryl methyl sites for hydroxylation is 4. The third kappa shape index (κ3) is 3.96. The molecule has 0 saturated carbocycles. The molecule has 0 fully saturated rings.